The molecular weight excluding hydrogens is 228 g/mol. The maximum absolute atomic E-state index is 4.97. The van der Waals surface area contributed by atoms with Crippen molar-refractivity contribution >= 4 is 0 Å². The van der Waals surface area contributed by atoms with E-state index in [9.17, 15) is 0 Å². The number of hydrogen-bond acceptors (Lipinski definition) is 5. The molecule has 1 aromatic heterocycles. The van der Waals surface area contributed by atoms with E-state index in [0.29, 0.717) is 24.5 Å². The number of nitrogens with zero attached hydrogens (tertiary/aromatic N) is 3. The van der Waals surface area contributed by atoms with Crippen LogP contribution in [0.5, 0.6) is 0 Å². The van der Waals surface area contributed by atoms with Gasteiger partial charge in [-0.3, -0.25) is 0 Å². The Bertz CT molecular complexity index is 364. The lowest BCUT2D eigenvalue weighted by Crippen LogP contribution is -2.34. The zero-order valence-corrected chi connectivity index (χ0v) is 11.6. The number of aromatic nitrogens is 2. The molecule has 1 atom stereocenters. The average Bonchev–Trinajstić information content (AvgIpc) is 2.62. The van der Waals surface area contributed by atoms with Crippen LogP contribution in [-0.2, 0) is 6.54 Å². The number of hydrogen-bond donors (Lipinski definition) is 1. The molecule has 1 saturated heterocycles. The van der Waals surface area contributed by atoms with Crippen molar-refractivity contribution in [1.29, 1.82) is 0 Å². The molecule has 0 aromatic carbocycles. The molecule has 2 rings (SSSR count). The van der Waals surface area contributed by atoms with Crippen molar-refractivity contribution in [3.8, 4) is 0 Å². The summed E-state index contributed by atoms with van der Waals surface area (Å²) in [6, 6.07) is 1.23. The molecule has 1 aromatic rings. The van der Waals surface area contributed by atoms with E-state index in [1.54, 1.807) is 0 Å². The van der Waals surface area contributed by atoms with Gasteiger partial charge in [-0.15, -0.1) is 0 Å². The molecule has 1 fully saturated rings. The van der Waals surface area contributed by atoms with Crippen LogP contribution in [0, 0.1) is 6.92 Å². The second kappa shape index (κ2) is 6.29. The Kier molecular flexibility index (Phi) is 4.72. The smallest absolute Gasteiger partial charge is 0.223 e. The molecule has 0 bridgehead atoms. The second-order valence-electron chi connectivity index (χ2n) is 5.37. The van der Waals surface area contributed by atoms with E-state index in [1.807, 2.05) is 6.92 Å². The molecule has 0 radical (unpaired) electrons. The molecule has 1 N–H and O–H groups in total. The molecule has 18 heavy (non-hydrogen) atoms. The van der Waals surface area contributed by atoms with E-state index in [2.05, 4.69) is 34.2 Å². The first-order valence-corrected chi connectivity index (χ1v) is 6.92. The fourth-order valence-corrected chi connectivity index (χ4v) is 2.49. The average molecular weight is 252 g/mol. The van der Waals surface area contributed by atoms with Crippen LogP contribution in [0.25, 0.3) is 0 Å². The fourth-order valence-electron chi connectivity index (χ4n) is 2.49. The van der Waals surface area contributed by atoms with Crippen LogP contribution in [0.4, 0.5) is 0 Å². The van der Waals surface area contributed by atoms with Crippen LogP contribution in [0.3, 0.4) is 0 Å². The van der Waals surface area contributed by atoms with Crippen LogP contribution in [0.15, 0.2) is 4.52 Å². The van der Waals surface area contributed by atoms with Gasteiger partial charge in [0.1, 0.15) is 0 Å². The molecule has 0 spiro atoms. The van der Waals surface area contributed by atoms with Crippen molar-refractivity contribution in [3.63, 3.8) is 0 Å². The van der Waals surface area contributed by atoms with E-state index < -0.39 is 0 Å². The van der Waals surface area contributed by atoms with E-state index >= 15 is 0 Å². The Labute approximate surface area is 109 Å². The van der Waals surface area contributed by atoms with Gasteiger partial charge in [0, 0.05) is 19.0 Å². The van der Waals surface area contributed by atoms with Crippen LogP contribution >= 0.6 is 0 Å². The highest BCUT2D eigenvalue weighted by Gasteiger charge is 2.18. The lowest BCUT2D eigenvalue weighted by molar-refractivity contribution is 0.229. The quantitative estimate of drug-likeness (QED) is 0.884. The Morgan fingerprint density at radius 3 is 2.89 bits per heavy atom. The summed E-state index contributed by atoms with van der Waals surface area (Å²) in [5.74, 6) is 1.40. The molecule has 1 aliphatic heterocycles. The maximum atomic E-state index is 4.97. The minimum Gasteiger partial charge on any atom is -0.340 e. The van der Waals surface area contributed by atoms with Gasteiger partial charge in [-0.05, 0) is 46.2 Å². The van der Waals surface area contributed by atoms with Crippen molar-refractivity contribution in [2.75, 3.05) is 13.1 Å². The van der Waals surface area contributed by atoms with E-state index in [4.69, 9.17) is 4.52 Å². The lowest BCUT2D eigenvalue weighted by Gasteiger charge is -2.24. The molecule has 0 saturated carbocycles. The normalized spacial score (nSPS) is 22.3. The summed E-state index contributed by atoms with van der Waals surface area (Å²) in [7, 11) is 0. The Morgan fingerprint density at radius 1 is 1.39 bits per heavy atom. The number of rotatable bonds is 4. The van der Waals surface area contributed by atoms with Gasteiger partial charge < -0.3 is 14.7 Å². The third-order valence-electron chi connectivity index (χ3n) is 3.61. The van der Waals surface area contributed by atoms with Crippen molar-refractivity contribution in [1.82, 2.24) is 20.4 Å². The van der Waals surface area contributed by atoms with Gasteiger partial charge in [0.05, 0.1) is 6.54 Å². The predicted molar refractivity (Wildman–Crippen MR) is 70.2 cm³/mol. The van der Waals surface area contributed by atoms with Gasteiger partial charge in [0.15, 0.2) is 5.82 Å². The molecule has 2 heterocycles. The van der Waals surface area contributed by atoms with Gasteiger partial charge in [0.2, 0.25) is 5.89 Å². The maximum Gasteiger partial charge on any atom is 0.223 e. The summed E-state index contributed by atoms with van der Waals surface area (Å²) in [6.45, 7) is 9.48. The second-order valence-corrected chi connectivity index (χ2v) is 5.37. The van der Waals surface area contributed by atoms with E-state index in [0.717, 1.165) is 5.82 Å². The first-order chi connectivity index (χ1) is 8.65. The minimum absolute atomic E-state index is 0.576. The molecule has 1 aliphatic rings. The summed E-state index contributed by atoms with van der Waals surface area (Å²) < 4.78 is 4.97. The van der Waals surface area contributed by atoms with Crippen LogP contribution in [0.2, 0.25) is 0 Å². The molecule has 0 amide bonds. The summed E-state index contributed by atoms with van der Waals surface area (Å²) >= 11 is 0. The molecule has 5 heteroatoms. The van der Waals surface area contributed by atoms with Gasteiger partial charge in [-0.25, -0.2) is 0 Å². The highest BCUT2D eigenvalue weighted by molar-refractivity contribution is 4.85. The zero-order valence-electron chi connectivity index (χ0n) is 11.6. The first kappa shape index (κ1) is 13.5. The molecule has 102 valence electrons. The SMILES string of the molecule is Cc1nc(CNC2CCCN(C(C)C)CC2)no1. The van der Waals surface area contributed by atoms with Gasteiger partial charge in [0.25, 0.3) is 0 Å². The third kappa shape index (κ3) is 3.78. The van der Waals surface area contributed by atoms with E-state index in [-0.39, 0.29) is 0 Å². The van der Waals surface area contributed by atoms with E-state index in [1.165, 1.54) is 32.4 Å². The summed E-state index contributed by atoms with van der Waals surface area (Å²) in [4.78, 5) is 6.77. The van der Waals surface area contributed by atoms with Gasteiger partial charge in [-0.1, -0.05) is 5.16 Å². The van der Waals surface area contributed by atoms with Gasteiger partial charge >= 0.3 is 0 Å². The van der Waals surface area contributed by atoms with Crippen molar-refractivity contribution in [3.05, 3.63) is 11.7 Å². The highest BCUT2D eigenvalue weighted by Crippen LogP contribution is 2.13. The standard InChI is InChI=1S/C13H24N4O/c1-10(2)17-7-4-5-12(6-8-17)14-9-13-15-11(3)18-16-13/h10,12,14H,4-9H2,1-3H3. The van der Waals surface area contributed by atoms with Gasteiger partial charge in [-0.2, -0.15) is 4.98 Å². The third-order valence-corrected chi connectivity index (χ3v) is 3.61. The Morgan fingerprint density at radius 2 is 2.22 bits per heavy atom. The molecule has 0 aliphatic carbocycles. The number of nitrogens with one attached hydrogen (secondary N) is 1. The number of likely N-dealkylation sites (tertiary alicyclic amines) is 1. The molecular formula is C13H24N4O. The van der Waals surface area contributed by atoms with Crippen molar-refractivity contribution in [2.24, 2.45) is 0 Å². The summed E-state index contributed by atoms with van der Waals surface area (Å²) in [5.41, 5.74) is 0. The fraction of sp³-hybridized carbons (Fsp3) is 0.846. The van der Waals surface area contributed by atoms with Crippen molar-refractivity contribution in [2.45, 2.75) is 58.7 Å². The van der Waals surface area contributed by atoms with Crippen molar-refractivity contribution < 1.29 is 4.52 Å². The van der Waals surface area contributed by atoms with Crippen LogP contribution in [0.1, 0.15) is 44.8 Å². The first-order valence-electron chi connectivity index (χ1n) is 6.92. The van der Waals surface area contributed by atoms with Crippen LogP contribution in [-0.4, -0.2) is 40.2 Å². The highest BCUT2D eigenvalue weighted by atomic mass is 16.5. The minimum atomic E-state index is 0.576. The molecule has 5 nitrogen and oxygen atoms in total. The predicted octanol–water partition coefficient (Wildman–Crippen LogP) is 1.73. The Hall–Kier alpha value is -0.940. The molecule has 1 unspecified atom stereocenters. The monoisotopic (exact) mass is 252 g/mol. The lowest BCUT2D eigenvalue weighted by atomic mass is 10.1. The largest absolute Gasteiger partial charge is 0.340 e. The van der Waals surface area contributed by atoms with Crippen LogP contribution < -0.4 is 5.32 Å². The Balaban J connectivity index is 1.77. The number of aryl methyl sites for hydroxylation is 1. The topological polar surface area (TPSA) is 54.2 Å². The summed E-state index contributed by atoms with van der Waals surface area (Å²) in [6.07, 6.45) is 3.70. The summed E-state index contributed by atoms with van der Waals surface area (Å²) in [5, 5.41) is 7.45. The zero-order chi connectivity index (χ0) is 13.0.